The smallest absolute Gasteiger partial charge is 0.106 e. The number of H-pyrrole nitrogens is 1. The number of hydrogen-bond acceptors (Lipinski definition) is 0. The fourth-order valence-electron chi connectivity index (χ4n) is 1.89. The van der Waals surface area contributed by atoms with Crippen LogP contribution in [0.5, 0.6) is 0 Å². The highest BCUT2D eigenvalue weighted by Gasteiger charge is 1.96. The molecule has 0 fully saturated rings. The molecule has 0 unspecified atom stereocenters. The van der Waals surface area contributed by atoms with E-state index in [0.717, 1.165) is 22.4 Å². The van der Waals surface area contributed by atoms with Crippen molar-refractivity contribution in [3.8, 4) is 23.7 Å². The SMILES string of the molecule is C(#Cc1cc[nH]c1C#Cc1ccccc1)c1ccccc1. The number of aromatic nitrogens is 1. The van der Waals surface area contributed by atoms with Gasteiger partial charge in [-0.15, -0.1) is 0 Å². The third-order valence-electron chi connectivity index (χ3n) is 2.97. The molecule has 1 N–H and O–H groups in total. The molecular formula is C20H13N. The van der Waals surface area contributed by atoms with Gasteiger partial charge in [0, 0.05) is 17.3 Å². The first-order chi connectivity index (χ1) is 10.4. The molecule has 21 heavy (non-hydrogen) atoms. The van der Waals surface area contributed by atoms with Gasteiger partial charge in [-0.25, -0.2) is 0 Å². The maximum Gasteiger partial charge on any atom is 0.106 e. The van der Waals surface area contributed by atoms with Crippen LogP contribution in [0.1, 0.15) is 22.4 Å². The van der Waals surface area contributed by atoms with E-state index < -0.39 is 0 Å². The van der Waals surface area contributed by atoms with Gasteiger partial charge in [0.15, 0.2) is 0 Å². The first-order valence-corrected chi connectivity index (χ1v) is 6.73. The lowest BCUT2D eigenvalue weighted by molar-refractivity contribution is 1.36. The van der Waals surface area contributed by atoms with E-state index in [2.05, 4.69) is 28.7 Å². The molecule has 1 nitrogen and oxygen atoms in total. The fourth-order valence-corrected chi connectivity index (χ4v) is 1.89. The van der Waals surface area contributed by atoms with E-state index >= 15 is 0 Å². The monoisotopic (exact) mass is 267 g/mol. The second-order valence-corrected chi connectivity index (χ2v) is 4.50. The quantitative estimate of drug-likeness (QED) is 0.596. The number of nitrogens with one attached hydrogen (secondary N) is 1. The molecule has 2 aromatic carbocycles. The molecule has 98 valence electrons. The van der Waals surface area contributed by atoms with Gasteiger partial charge >= 0.3 is 0 Å². The lowest BCUT2D eigenvalue weighted by Gasteiger charge is -1.89. The Bertz CT molecular complexity index is 763. The standard InChI is InChI=1S/C20H13N/c1-3-7-17(8-4-1)11-13-19-15-16-21-20(19)14-12-18-9-5-2-6-10-18/h1-10,15-16,21H. The van der Waals surface area contributed by atoms with Crippen molar-refractivity contribution in [1.29, 1.82) is 0 Å². The molecule has 0 aliphatic heterocycles. The van der Waals surface area contributed by atoms with Crippen LogP contribution in [0.15, 0.2) is 72.9 Å². The van der Waals surface area contributed by atoms with E-state index in [4.69, 9.17) is 0 Å². The zero-order chi connectivity index (χ0) is 14.3. The molecule has 1 heteroatoms. The minimum Gasteiger partial charge on any atom is -0.354 e. The molecule has 3 rings (SSSR count). The van der Waals surface area contributed by atoms with Gasteiger partial charge in [-0.05, 0) is 36.3 Å². The summed E-state index contributed by atoms with van der Waals surface area (Å²) in [5.74, 6) is 12.6. The Kier molecular flexibility index (Phi) is 3.87. The summed E-state index contributed by atoms with van der Waals surface area (Å²) in [5, 5.41) is 0. The Balaban J connectivity index is 1.86. The van der Waals surface area contributed by atoms with Crippen molar-refractivity contribution in [1.82, 2.24) is 4.98 Å². The molecule has 0 spiro atoms. The lowest BCUT2D eigenvalue weighted by Crippen LogP contribution is -1.80. The normalized spacial score (nSPS) is 9.14. The van der Waals surface area contributed by atoms with E-state index in [1.54, 1.807) is 0 Å². The third-order valence-corrected chi connectivity index (χ3v) is 2.97. The second kappa shape index (κ2) is 6.33. The Morgan fingerprint density at radius 1 is 0.571 bits per heavy atom. The van der Waals surface area contributed by atoms with Crippen molar-refractivity contribution >= 4 is 0 Å². The van der Waals surface area contributed by atoms with Crippen molar-refractivity contribution < 1.29 is 0 Å². The molecule has 1 heterocycles. The van der Waals surface area contributed by atoms with E-state index in [9.17, 15) is 0 Å². The Morgan fingerprint density at radius 3 is 1.76 bits per heavy atom. The number of aromatic amines is 1. The molecule has 0 saturated heterocycles. The Morgan fingerprint density at radius 2 is 1.14 bits per heavy atom. The molecule has 1 aromatic heterocycles. The highest BCUT2D eigenvalue weighted by atomic mass is 14.7. The molecule has 0 atom stereocenters. The van der Waals surface area contributed by atoms with E-state index in [1.165, 1.54) is 0 Å². The van der Waals surface area contributed by atoms with Crippen LogP contribution in [-0.4, -0.2) is 4.98 Å². The largest absolute Gasteiger partial charge is 0.354 e. The molecule has 0 saturated carbocycles. The zero-order valence-electron chi connectivity index (χ0n) is 11.4. The summed E-state index contributed by atoms with van der Waals surface area (Å²) in [7, 11) is 0. The summed E-state index contributed by atoms with van der Waals surface area (Å²) in [4.78, 5) is 3.14. The minimum atomic E-state index is 0.849. The fraction of sp³-hybridized carbons (Fsp3) is 0. The van der Waals surface area contributed by atoms with Crippen LogP contribution in [-0.2, 0) is 0 Å². The van der Waals surface area contributed by atoms with Gasteiger partial charge in [-0.2, -0.15) is 0 Å². The van der Waals surface area contributed by atoms with Crippen LogP contribution in [0.3, 0.4) is 0 Å². The van der Waals surface area contributed by atoms with Gasteiger partial charge in [0.2, 0.25) is 0 Å². The van der Waals surface area contributed by atoms with E-state index in [1.807, 2.05) is 72.9 Å². The van der Waals surface area contributed by atoms with Gasteiger partial charge < -0.3 is 4.98 Å². The number of hydrogen-bond donors (Lipinski definition) is 1. The van der Waals surface area contributed by atoms with Crippen molar-refractivity contribution in [3.05, 3.63) is 95.3 Å². The van der Waals surface area contributed by atoms with Crippen LogP contribution in [0.4, 0.5) is 0 Å². The molecule has 0 aliphatic rings. The summed E-state index contributed by atoms with van der Waals surface area (Å²) in [5.41, 5.74) is 3.76. The van der Waals surface area contributed by atoms with Crippen molar-refractivity contribution in [3.63, 3.8) is 0 Å². The Hall–Kier alpha value is -3.16. The van der Waals surface area contributed by atoms with Crippen molar-refractivity contribution in [2.45, 2.75) is 0 Å². The predicted octanol–water partition coefficient (Wildman–Crippen LogP) is 3.81. The molecular weight excluding hydrogens is 254 g/mol. The van der Waals surface area contributed by atoms with Gasteiger partial charge in [-0.1, -0.05) is 54.2 Å². The summed E-state index contributed by atoms with van der Waals surface area (Å²) < 4.78 is 0. The van der Waals surface area contributed by atoms with Crippen molar-refractivity contribution in [2.24, 2.45) is 0 Å². The molecule has 0 radical (unpaired) electrons. The van der Waals surface area contributed by atoms with Gasteiger partial charge in [0.1, 0.15) is 5.69 Å². The first-order valence-electron chi connectivity index (χ1n) is 6.73. The van der Waals surface area contributed by atoms with Crippen LogP contribution in [0.2, 0.25) is 0 Å². The van der Waals surface area contributed by atoms with Crippen LogP contribution < -0.4 is 0 Å². The summed E-state index contributed by atoms with van der Waals surface area (Å²) >= 11 is 0. The average molecular weight is 267 g/mol. The summed E-state index contributed by atoms with van der Waals surface area (Å²) in [6.07, 6.45) is 1.87. The summed E-state index contributed by atoms with van der Waals surface area (Å²) in [6, 6.07) is 21.8. The van der Waals surface area contributed by atoms with Crippen LogP contribution in [0.25, 0.3) is 0 Å². The lowest BCUT2D eigenvalue weighted by atomic mass is 10.2. The number of benzene rings is 2. The van der Waals surface area contributed by atoms with E-state index in [-0.39, 0.29) is 0 Å². The molecule has 0 bridgehead atoms. The number of rotatable bonds is 0. The van der Waals surface area contributed by atoms with Gasteiger partial charge in [0.25, 0.3) is 0 Å². The molecule has 3 aromatic rings. The van der Waals surface area contributed by atoms with Crippen molar-refractivity contribution in [2.75, 3.05) is 0 Å². The van der Waals surface area contributed by atoms with Crippen LogP contribution >= 0.6 is 0 Å². The topological polar surface area (TPSA) is 15.8 Å². The third kappa shape index (κ3) is 3.44. The molecule has 0 amide bonds. The minimum absolute atomic E-state index is 0.849. The van der Waals surface area contributed by atoms with Gasteiger partial charge in [-0.3, -0.25) is 0 Å². The highest BCUT2D eigenvalue weighted by Crippen LogP contribution is 2.05. The maximum atomic E-state index is 3.16. The average Bonchev–Trinajstić information content (AvgIpc) is 3.00. The first kappa shape index (κ1) is 12.9. The molecule has 0 aliphatic carbocycles. The zero-order valence-corrected chi connectivity index (χ0v) is 11.4. The summed E-state index contributed by atoms with van der Waals surface area (Å²) in [6.45, 7) is 0. The van der Waals surface area contributed by atoms with E-state index in [0.29, 0.717) is 0 Å². The second-order valence-electron chi connectivity index (χ2n) is 4.50. The van der Waals surface area contributed by atoms with Crippen LogP contribution in [0, 0.1) is 23.7 Å². The highest BCUT2D eigenvalue weighted by molar-refractivity contribution is 5.51. The van der Waals surface area contributed by atoms with Gasteiger partial charge in [0.05, 0.1) is 5.56 Å². The maximum absolute atomic E-state index is 3.16. The predicted molar refractivity (Wildman–Crippen MR) is 85.6 cm³/mol. The Labute approximate surface area is 124 Å².